The largest absolute Gasteiger partial charge is 0.228 e. The van der Waals surface area contributed by atoms with Crippen LogP contribution in [0, 0.1) is 0 Å². The molecule has 22 heavy (non-hydrogen) atoms. The van der Waals surface area contributed by atoms with Gasteiger partial charge in [0.1, 0.15) is 0 Å². The molecule has 0 N–H and O–H groups in total. The van der Waals surface area contributed by atoms with Crippen LogP contribution in [0.5, 0.6) is 0 Å². The molecular weight excluding hydrogens is 342 g/mol. The van der Waals surface area contributed by atoms with Crippen LogP contribution in [-0.4, -0.2) is 25.0 Å². The lowest BCUT2D eigenvalue weighted by molar-refractivity contribution is 0.805. The standard InChI is InChI=1S/C16H10BrN5/c17-12-7-8-14-13(10-12)16-19-20-21-22(16)15(18-14)9-6-11-4-2-1-3-5-11/h1-10H/b9-6+. The summed E-state index contributed by atoms with van der Waals surface area (Å²) in [5, 5.41) is 12.8. The summed E-state index contributed by atoms with van der Waals surface area (Å²) in [6, 6.07) is 15.9. The summed E-state index contributed by atoms with van der Waals surface area (Å²) < 4.78 is 2.62. The number of halogens is 1. The van der Waals surface area contributed by atoms with Crippen LogP contribution in [0.4, 0.5) is 0 Å². The first-order valence-corrected chi connectivity index (χ1v) is 7.51. The first-order chi connectivity index (χ1) is 10.8. The number of rotatable bonds is 2. The molecule has 0 unspecified atom stereocenters. The van der Waals surface area contributed by atoms with Crippen molar-refractivity contribution in [1.82, 2.24) is 25.0 Å². The molecule has 0 aliphatic carbocycles. The van der Waals surface area contributed by atoms with Crippen molar-refractivity contribution in [2.75, 3.05) is 0 Å². The monoisotopic (exact) mass is 351 g/mol. The van der Waals surface area contributed by atoms with Crippen molar-refractivity contribution < 1.29 is 0 Å². The molecule has 2 aromatic carbocycles. The first-order valence-electron chi connectivity index (χ1n) is 6.72. The van der Waals surface area contributed by atoms with Gasteiger partial charge in [0, 0.05) is 9.86 Å². The second kappa shape index (κ2) is 5.31. The van der Waals surface area contributed by atoms with E-state index in [1.54, 1.807) is 4.52 Å². The molecule has 0 aliphatic rings. The second-order valence-corrected chi connectivity index (χ2v) is 5.71. The molecule has 5 nitrogen and oxygen atoms in total. The zero-order chi connectivity index (χ0) is 14.9. The number of benzene rings is 2. The third-order valence-electron chi connectivity index (χ3n) is 3.35. The SMILES string of the molecule is Brc1ccc2nc(/C=C/c3ccccc3)n3nnnc3c2c1. The lowest BCUT2D eigenvalue weighted by atomic mass is 10.2. The van der Waals surface area contributed by atoms with E-state index < -0.39 is 0 Å². The van der Waals surface area contributed by atoms with Gasteiger partial charge in [-0.15, -0.1) is 5.10 Å². The van der Waals surface area contributed by atoms with Gasteiger partial charge in [-0.05, 0) is 40.3 Å². The maximum atomic E-state index is 4.64. The molecule has 106 valence electrons. The quantitative estimate of drug-likeness (QED) is 0.553. The van der Waals surface area contributed by atoms with E-state index in [1.807, 2.05) is 60.7 Å². The van der Waals surface area contributed by atoms with Gasteiger partial charge >= 0.3 is 0 Å². The van der Waals surface area contributed by atoms with Gasteiger partial charge in [-0.25, -0.2) is 4.98 Å². The number of aromatic nitrogens is 5. The molecule has 0 amide bonds. The summed E-state index contributed by atoms with van der Waals surface area (Å²) in [5.74, 6) is 0.693. The zero-order valence-corrected chi connectivity index (χ0v) is 13.0. The van der Waals surface area contributed by atoms with Crippen LogP contribution in [0.15, 0.2) is 53.0 Å². The Balaban J connectivity index is 1.91. The zero-order valence-electron chi connectivity index (χ0n) is 11.4. The predicted octanol–water partition coefficient (Wildman–Crippen LogP) is 3.61. The Kier molecular flexibility index (Phi) is 3.16. The summed E-state index contributed by atoms with van der Waals surface area (Å²) >= 11 is 3.47. The third kappa shape index (κ3) is 2.27. The highest BCUT2D eigenvalue weighted by Gasteiger charge is 2.09. The van der Waals surface area contributed by atoms with Gasteiger partial charge in [-0.3, -0.25) is 0 Å². The molecular formula is C16H10BrN5. The molecule has 0 bridgehead atoms. The van der Waals surface area contributed by atoms with E-state index in [4.69, 9.17) is 0 Å². The van der Waals surface area contributed by atoms with Crippen LogP contribution < -0.4 is 0 Å². The van der Waals surface area contributed by atoms with Crippen molar-refractivity contribution in [3.05, 3.63) is 64.4 Å². The van der Waals surface area contributed by atoms with E-state index in [0.29, 0.717) is 11.5 Å². The fourth-order valence-electron chi connectivity index (χ4n) is 2.31. The summed E-state index contributed by atoms with van der Waals surface area (Å²) in [7, 11) is 0. The minimum absolute atomic E-state index is 0.693. The van der Waals surface area contributed by atoms with Crippen LogP contribution in [0.1, 0.15) is 11.4 Å². The molecule has 6 heteroatoms. The Morgan fingerprint density at radius 1 is 1.00 bits per heavy atom. The molecule has 0 aliphatic heterocycles. The number of nitrogens with zero attached hydrogens (tertiary/aromatic N) is 5. The highest BCUT2D eigenvalue weighted by molar-refractivity contribution is 9.10. The lowest BCUT2D eigenvalue weighted by Gasteiger charge is -2.03. The summed E-state index contributed by atoms with van der Waals surface area (Å²) in [5.41, 5.74) is 2.65. The molecule has 4 rings (SSSR count). The number of fused-ring (bicyclic) bond motifs is 3. The van der Waals surface area contributed by atoms with E-state index in [2.05, 4.69) is 36.4 Å². The number of hydrogen-bond acceptors (Lipinski definition) is 4. The maximum Gasteiger partial charge on any atom is 0.191 e. The molecule has 4 aromatic rings. The summed E-state index contributed by atoms with van der Waals surface area (Å²) in [6.07, 6.45) is 3.91. The van der Waals surface area contributed by atoms with Gasteiger partial charge in [-0.2, -0.15) is 4.52 Å². The first kappa shape index (κ1) is 13.1. The van der Waals surface area contributed by atoms with E-state index in [9.17, 15) is 0 Å². The molecule has 0 fully saturated rings. The van der Waals surface area contributed by atoms with E-state index in [-0.39, 0.29) is 0 Å². The lowest BCUT2D eigenvalue weighted by Crippen LogP contribution is -1.99. The highest BCUT2D eigenvalue weighted by atomic mass is 79.9. The van der Waals surface area contributed by atoms with Crippen LogP contribution in [0.25, 0.3) is 28.7 Å². The van der Waals surface area contributed by atoms with Crippen molar-refractivity contribution in [2.45, 2.75) is 0 Å². The third-order valence-corrected chi connectivity index (χ3v) is 3.84. The predicted molar refractivity (Wildman–Crippen MR) is 89.2 cm³/mol. The Morgan fingerprint density at radius 3 is 2.73 bits per heavy atom. The Hall–Kier alpha value is -2.60. The molecule has 0 saturated heterocycles. The topological polar surface area (TPSA) is 56.0 Å². The molecule has 0 atom stereocenters. The molecule has 0 spiro atoms. The van der Waals surface area contributed by atoms with E-state index in [0.717, 1.165) is 20.9 Å². The molecule has 0 saturated carbocycles. The van der Waals surface area contributed by atoms with Crippen molar-refractivity contribution in [3.63, 3.8) is 0 Å². The van der Waals surface area contributed by atoms with Gasteiger partial charge < -0.3 is 0 Å². The van der Waals surface area contributed by atoms with Crippen molar-refractivity contribution in [3.8, 4) is 0 Å². The highest BCUT2D eigenvalue weighted by Crippen LogP contribution is 2.22. The van der Waals surface area contributed by atoms with Crippen LogP contribution in [0.3, 0.4) is 0 Å². The number of hydrogen-bond donors (Lipinski definition) is 0. The second-order valence-electron chi connectivity index (χ2n) is 4.79. The van der Waals surface area contributed by atoms with Crippen LogP contribution >= 0.6 is 15.9 Å². The fourth-order valence-corrected chi connectivity index (χ4v) is 2.67. The normalized spacial score (nSPS) is 11.7. The van der Waals surface area contributed by atoms with Gasteiger partial charge in [0.15, 0.2) is 11.5 Å². The van der Waals surface area contributed by atoms with E-state index in [1.165, 1.54) is 0 Å². The van der Waals surface area contributed by atoms with E-state index >= 15 is 0 Å². The van der Waals surface area contributed by atoms with Crippen LogP contribution in [0.2, 0.25) is 0 Å². The van der Waals surface area contributed by atoms with Gasteiger partial charge in [0.25, 0.3) is 0 Å². The maximum absolute atomic E-state index is 4.64. The molecule has 2 aromatic heterocycles. The van der Waals surface area contributed by atoms with Crippen molar-refractivity contribution in [2.24, 2.45) is 0 Å². The van der Waals surface area contributed by atoms with Gasteiger partial charge in [0.2, 0.25) is 0 Å². The van der Waals surface area contributed by atoms with Crippen LogP contribution in [-0.2, 0) is 0 Å². The average molecular weight is 352 g/mol. The van der Waals surface area contributed by atoms with Crippen molar-refractivity contribution in [1.29, 1.82) is 0 Å². The Labute approximate surface area is 134 Å². The van der Waals surface area contributed by atoms with Gasteiger partial charge in [-0.1, -0.05) is 52.3 Å². The number of tetrazole rings is 1. The van der Waals surface area contributed by atoms with Gasteiger partial charge in [0.05, 0.1) is 5.52 Å². The smallest absolute Gasteiger partial charge is 0.191 e. The Bertz CT molecular complexity index is 991. The average Bonchev–Trinajstić information content (AvgIpc) is 3.04. The minimum Gasteiger partial charge on any atom is -0.228 e. The minimum atomic E-state index is 0.693. The molecule has 2 heterocycles. The Morgan fingerprint density at radius 2 is 1.86 bits per heavy atom. The van der Waals surface area contributed by atoms with Crippen molar-refractivity contribution >= 4 is 44.6 Å². The fraction of sp³-hybridized carbons (Fsp3) is 0. The summed E-state index contributed by atoms with van der Waals surface area (Å²) in [4.78, 5) is 4.64. The summed E-state index contributed by atoms with van der Waals surface area (Å²) in [6.45, 7) is 0. The molecule has 0 radical (unpaired) electrons.